The van der Waals surface area contributed by atoms with Crippen molar-refractivity contribution in [1.82, 2.24) is 30.0 Å². The second-order valence-electron chi connectivity index (χ2n) is 6.17. The number of aryl methyl sites for hydroxylation is 2. The minimum Gasteiger partial charge on any atom is -0.350 e. The van der Waals surface area contributed by atoms with E-state index >= 15 is 0 Å². The average Bonchev–Trinajstić information content (AvgIpc) is 3.13. The van der Waals surface area contributed by atoms with Gasteiger partial charge in [-0.1, -0.05) is 11.6 Å². The molecule has 1 amide bonds. The number of halogens is 1. The fourth-order valence-corrected chi connectivity index (χ4v) is 3.28. The SMILES string of the molecule is Cc1nn(C)c(Cl)c1CN1CC[C@H](CNC(=O)c2cnccn2)C1. The second-order valence-corrected chi connectivity index (χ2v) is 6.53. The van der Waals surface area contributed by atoms with Gasteiger partial charge < -0.3 is 5.32 Å². The smallest absolute Gasteiger partial charge is 0.271 e. The van der Waals surface area contributed by atoms with E-state index in [-0.39, 0.29) is 5.91 Å². The molecule has 1 fully saturated rings. The Bertz CT molecular complexity index is 717. The van der Waals surface area contributed by atoms with Crippen LogP contribution in [-0.2, 0) is 13.6 Å². The van der Waals surface area contributed by atoms with Gasteiger partial charge >= 0.3 is 0 Å². The molecule has 0 bridgehead atoms. The van der Waals surface area contributed by atoms with Crippen molar-refractivity contribution in [2.45, 2.75) is 19.9 Å². The minimum atomic E-state index is -0.173. The number of carbonyl (C=O) groups is 1. The van der Waals surface area contributed by atoms with Gasteiger partial charge in [-0.2, -0.15) is 5.10 Å². The molecule has 0 aromatic carbocycles. The fraction of sp³-hybridized carbons (Fsp3) is 0.500. The molecule has 7 nitrogen and oxygen atoms in total. The van der Waals surface area contributed by atoms with E-state index < -0.39 is 0 Å². The number of rotatable bonds is 5. The monoisotopic (exact) mass is 348 g/mol. The van der Waals surface area contributed by atoms with Gasteiger partial charge in [-0.05, 0) is 25.8 Å². The molecule has 0 saturated carbocycles. The highest BCUT2D eigenvalue weighted by Crippen LogP contribution is 2.24. The molecule has 2 aromatic heterocycles. The summed E-state index contributed by atoms with van der Waals surface area (Å²) in [5, 5.41) is 8.00. The zero-order valence-corrected chi connectivity index (χ0v) is 14.6. The summed E-state index contributed by atoms with van der Waals surface area (Å²) in [4.78, 5) is 22.3. The summed E-state index contributed by atoms with van der Waals surface area (Å²) in [5.41, 5.74) is 2.41. The maximum atomic E-state index is 12.0. The summed E-state index contributed by atoms with van der Waals surface area (Å²) in [6.45, 7) is 5.36. The van der Waals surface area contributed by atoms with Crippen LogP contribution in [-0.4, -0.2) is 50.2 Å². The van der Waals surface area contributed by atoms with Gasteiger partial charge in [-0.15, -0.1) is 0 Å². The highest BCUT2D eigenvalue weighted by molar-refractivity contribution is 6.30. The normalized spacial score (nSPS) is 18.0. The Morgan fingerprint density at radius 3 is 2.96 bits per heavy atom. The lowest BCUT2D eigenvalue weighted by molar-refractivity contribution is 0.0942. The topological polar surface area (TPSA) is 75.9 Å². The van der Waals surface area contributed by atoms with Crippen molar-refractivity contribution < 1.29 is 4.79 Å². The zero-order chi connectivity index (χ0) is 17.1. The third kappa shape index (κ3) is 3.73. The first-order valence-corrected chi connectivity index (χ1v) is 8.37. The third-order valence-corrected chi connectivity index (χ3v) is 4.84. The quantitative estimate of drug-likeness (QED) is 0.884. The summed E-state index contributed by atoms with van der Waals surface area (Å²) in [7, 11) is 1.85. The molecule has 1 saturated heterocycles. The van der Waals surface area contributed by atoms with Gasteiger partial charge in [0.25, 0.3) is 5.91 Å². The van der Waals surface area contributed by atoms with E-state index in [0.717, 1.165) is 37.3 Å². The molecule has 3 heterocycles. The maximum Gasteiger partial charge on any atom is 0.271 e. The predicted octanol–water partition coefficient (Wildman–Crippen LogP) is 1.42. The molecule has 3 rings (SSSR count). The number of aromatic nitrogens is 4. The van der Waals surface area contributed by atoms with E-state index in [0.29, 0.717) is 23.3 Å². The van der Waals surface area contributed by atoms with Gasteiger partial charge in [0.1, 0.15) is 10.8 Å². The summed E-state index contributed by atoms with van der Waals surface area (Å²) in [6, 6.07) is 0. The van der Waals surface area contributed by atoms with E-state index in [9.17, 15) is 4.79 Å². The molecular formula is C16H21ClN6O. The Morgan fingerprint density at radius 1 is 1.46 bits per heavy atom. The molecule has 128 valence electrons. The van der Waals surface area contributed by atoms with Crippen molar-refractivity contribution in [2.24, 2.45) is 13.0 Å². The summed E-state index contributed by atoms with van der Waals surface area (Å²) >= 11 is 6.30. The molecule has 8 heteroatoms. The van der Waals surface area contributed by atoms with E-state index in [2.05, 4.69) is 25.3 Å². The molecule has 2 aromatic rings. The van der Waals surface area contributed by atoms with Crippen LogP contribution in [0.5, 0.6) is 0 Å². The largest absolute Gasteiger partial charge is 0.350 e. The number of nitrogens with zero attached hydrogens (tertiary/aromatic N) is 5. The number of amides is 1. The number of hydrogen-bond donors (Lipinski definition) is 1. The van der Waals surface area contributed by atoms with Crippen molar-refractivity contribution >= 4 is 17.5 Å². The summed E-state index contributed by atoms with van der Waals surface area (Å²) < 4.78 is 1.71. The van der Waals surface area contributed by atoms with E-state index in [1.807, 2.05) is 14.0 Å². The molecule has 1 N–H and O–H groups in total. The van der Waals surface area contributed by atoms with Gasteiger partial charge in [-0.25, -0.2) is 4.98 Å². The van der Waals surface area contributed by atoms with Gasteiger partial charge in [0.05, 0.1) is 11.9 Å². The highest BCUT2D eigenvalue weighted by Gasteiger charge is 2.25. The molecular weight excluding hydrogens is 328 g/mol. The average molecular weight is 349 g/mol. The van der Waals surface area contributed by atoms with Crippen LogP contribution >= 0.6 is 11.6 Å². The van der Waals surface area contributed by atoms with Crippen LogP contribution in [0.3, 0.4) is 0 Å². The molecule has 1 aliphatic rings. The van der Waals surface area contributed by atoms with Crippen LogP contribution in [0.25, 0.3) is 0 Å². The molecule has 0 spiro atoms. The predicted molar refractivity (Wildman–Crippen MR) is 90.7 cm³/mol. The molecule has 24 heavy (non-hydrogen) atoms. The number of nitrogens with one attached hydrogen (secondary N) is 1. The van der Waals surface area contributed by atoms with Crippen LogP contribution in [0.4, 0.5) is 0 Å². The van der Waals surface area contributed by atoms with E-state index in [4.69, 9.17) is 11.6 Å². The Hall–Kier alpha value is -1.99. The van der Waals surface area contributed by atoms with Crippen LogP contribution < -0.4 is 5.32 Å². The fourth-order valence-electron chi connectivity index (χ4n) is 3.04. The number of likely N-dealkylation sites (tertiary alicyclic amines) is 1. The van der Waals surface area contributed by atoms with Crippen molar-refractivity contribution in [2.75, 3.05) is 19.6 Å². The highest BCUT2D eigenvalue weighted by atomic mass is 35.5. The van der Waals surface area contributed by atoms with E-state index in [1.165, 1.54) is 12.4 Å². The van der Waals surface area contributed by atoms with E-state index in [1.54, 1.807) is 10.9 Å². The standard InChI is InChI=1S/C16H21ClN6O/c1-11-13(15(17)22(2)21-11)10-23-6-3-12(9-23)7-20-16(24)14-8-18-4-5-19-14/h4-5,8,12H,3,6-7,9-10H2,1-2H3,(H,20,24)/t12-/m1/s1. The third-order valence-electron chi connectivity index (χ3n) is 4.37. The molecule has 1 atom stereocenters. The van der Waals surface area contributed by atoms with Crippen molar-refractivity contribution in [1.29, 1.82) is 0 Å². The van der Waals surface area contributed by atoms with Crippen molar-refractivity contribution in [3.05, 3.63) is 40.7 Å². The second kappa shape index (κ2) is 7.27. The Morgan fingerprint density at radius 2 is 2.29 bits per heavy atom. The molecule has 0 unspecified atom stereocenters. The molecule has 1 aliphatic heterocycles. The summed E-state index contributed by atoms with van der Waals surface area (Å²) in [5.74, 6) is 0.258. The van der Waals surface area contributed by atoms with Crippen LogP contribution in [0, 0.1) is 12.8 Å². The Labute approximate surface area is 146 Å². The lowest BCUT2D eigenvalue weighted by Crippen LogP contribution is -2.31. The first-order valence-electron chi connectivity index (χ1n) is 7.99. The van der Waals surface area contributed by atoms with Gasteiger partial charge in [0, 0.05) is 44.6 Å². The van der Waals surface area contributed by atoms with Crippen LogP contribution in [0.1, 0.15) is 28.2 Å². The lowest BCUT2D eigenvalue weighted by atomic mass is 10.1. The first-order chi connectivity index (χ1) is 11.5. The Balaban J connectivity index is 1.50. The zero-order valence-electron chi connectivity index (χ0n) is 13.9. The molecule has 0 aliphatic carbocycles. The van der Waals surface area contributed by atoms with Gasteiger partial charge in [-0.3, -0.25) is 19.4 Å². The van der Waals surface area contributed by atoms with Crippen molar-refractivity contribution in [3.8, 4) is 0 Å². The number of carbonyl (C=O) groups excluding carboxylic acids is 1. The van der Waals surface area contributed by atoms with Crippen LogP contribution in [0.2, 0.25) is 5.15 Å². The van der Waals surface area contributed by atoms with Gasteiger partial charge in [0.15, 0.2) is 0 Å². The number of hydrogen-bond acceptors (Lipinski definition) is 5. The van der Waals surface area contributed by atoms with Gasteiger partial charge in [0.2, 0.25) is 0 Å². The molecule has 0 radical (unpaired) electrons. The Kier molecular flexibility index (Phi) is 5.11. The van der Waals surface area contributed by atoms with Crippen molar-refractivity contribution in [3.63, 3.8) is 0 Å². The maximum absolute atomic E-state index is 12.0. The first kappa shape index (κ1) is 16.9. The summed E-state index contributed by atoms with van der Waals surface area (Å²) in [6.07, 6.45) is 5.60. The lowest BCUT2D eigenvalue weighted by Gasteiger charge is -2.16. The minimum absolute atomic E-state index is 0.173. The van der Waals surface area contributed by atoms with Crippen LogP contribution in [0.15, 0.2) is 18.6 Å².